The Morgan fingerprint density at radius 3 is 2.44 bits per heavy atom. The molecule has 2 aliphatic heterocycles. The number of imidazole rings is 1. The quantitative estimate of drug-likeness (QED) is 0.400. The summed E-state index contributed by atoms with van der Waals surface area (Å²) in [5.41, 5.74) is 7.72. The molecule has 1 saturated carbocycles. The fraction of sp³-hybridized carbons (Fsp3) is 0.600. The van der Waals surface area contributed by atoms with E-state index in [1.807, 2.05) is 18.2 Å². The highest BCUT2D eigenvalue weighted by atomic mass is 19.3. The molecule has 1 aliphatic carbocycles. The number of piperidine rings is 2. The van der Waals surface area contributed by atoms with Gasteiger partial charge in [0.1, 0.15) is 6.04 Å². The number of para-hydroxylation sites is 1. The summed E-state index contributed by atoms with van der Waals surface area (Å²) < 4.78 is 31.0. The molecule has 43 heavy (non-hydrogen) atoms. The Balaban J connectivity index is 1.07. The van der Waals surface area contributed by atoms with E-state index in [1.165, 1.54) is 4.57 Å². The maximum atomic E-state index is 13.3. The molecule has 2 saturated heterocycles. The monoisotopic (exact) mass is 598 g/mol. The number of anilines is 2. The Morgan fingerprint density at radius 1 is 1.07 bits per heavy atom. The van der Waals surface area contributed by atoms with Crippen LogP contribution in [0.15, 0.2) is 29.2 Å². The minimum Gasteiger partial charge on any atom is -0.396 e. The van der Waals surface area contributed by atoms with Gasteiger partial charge in [-0.3, -0.25) is 28.7 Å². The fourth-order valence-corrected chi connectivity index (χ4v) is 7.37. The number of nitrogens with zero attached hydrogens (tertiary/aromatic N) is 6. The molecule has 1 aromatic carbocycles. The van der Waals surface area contributed by atoms with Crippen molar-refractivity contribution in [2.45, 2.75) is 75.9 Å². The first-order valence-corrected chi connectivity index (χ1v) is 15.2. The summed E-state index contributed by atoms with van der Waals surface area (Å²) >= 11 is 0. The molecule has 3 aromatic rings. The summed E-state index contributed by atoms with van der Waals surface area (Å²) in [5.74, 6) is -0.182. The minimum atomic E-state index is -2.66. The lowest BCUT2D eigenvalue weighted by Gasteiger charge is -2.40. The number of alkyl halides is 2. The minimum absolute atomic E-state index is 0.0635. The summed E-state index contributed by atoms with van der Waals surface area (Å²) in [7, 11) is 3.94. The zero-order valence-electron chi connectivity index (χ0n) is 24.7. The molecule has 0 bridgehead atoms. The van der Waals surface area contributed by atoms with E-state index >= 15 is 0 Å². The summed E-state index contributed by atoms with van der Waals surface area (Å²) in [4.78, 5) is 42.4. The zero-order chi connectivity index (χ0) is 30.4. The highest BCUT2D eigenvalue weighted by Crippen LogP contribution is 2.36. The predicted molar refractivity (Wildman–Crippen MR) is 159 cm³/mol. The lowest BCUT2D eigenvalue weighted by atomic mass is 9.85. The van der Waals surface area contributed by atoms with Gasteiger partial charge >= 0.3 is 5.69 Å². The molecule has 0 radical (unpaired) electrons. The number of aryl methyl sites for hydroxylation is 1. The number of halogens is 2. The number of hydrogen-bond donors (Lipinski definition) is 2. The van der Waals surface area contributed by atoms with Crippen molar-refractivity contribution in [2.24, 2.45) is 13.0 Å². The number of amides is 2. The van der Waals surface area contributed by atoms with Gasteiger partial charge in [-0.25, -0.2) is 13.6 Å². The van der Waals surface area contributed by atoms with Crippen molar-refractivity contribution < 1.29 is 18.4 Å². The highest BCUT2D eigenvalue weighted by molar-refractivity contribution is 6.00. The van der Waals surface area contributed by atoms with Gasteiger partial charge in [0.05, 0.1) is 28.5 Å². The number of rotatable bonds is 7. The second-order valence-corrected chi connectivity index (χ2v) is 12.4. The van der Waals surface area contributed by atoms with Crippen molar-refractivity contribution in [2.75, 3.05) is 37.3 Å². The molecule has 11 nitrogen and oxygen atoms in total. The maximum absolute atomic E-state index is 13.3. The van der Waals surface area contributed by atoms with E-state index in [-0.39, 0.29) is 35.4 Å². The molecule has 3 N–H and O–H groups in total. The van der Waals surface area contributed by atoms with Gasteiger partial charge in [0, 0.05) is 45.3 Å². The van der Waals surface area contributed by atoms with Crippen LogP contribution in [0.25, 0.3) is 11.0 Å². The third kappa shape index (κ3) is 5.54. The topological polar surface area (TPSA) is 123 Å². The van der Waals surface area contributed by atoms with Crippen LogP contribution in [0.4, 0.5) is 20.2 Å². The third-order valence-electron chi connectivity index (χ3n) is 9.77. The highest BCUT2D eigenvalue weighted by Gasteiger charge is 2.33. The average molecular weight is 599 g/mol. The van der Waals surface area contributed by atoms with Gasteiger partial charge in [-0.05, 0) is 70.0 Å². The SMILES string of the molecule is CN(CC1CCC(n2cc(N)c(C(F)F)n2)CC1)C1CCN(c2cccc3c2n(C)c(=O)n3C2CCC(=O)NC2=O)CC1. The van der Waals surface area contributed by atoms with Gasteiger partial charge in [0.25, 0.3) is 6.43 Å². The third-order valence-corrected chi connectivity index (χ3v) is 9.77. The smallest absolute Gasteiger partial charge is 0.329 e. The van der Waals surface area contributed by atoms with E-state index in [1.54, 1.807) is 22.5 Å². The normalized spacial score (nSPS) is 24.0. The zero-order valence-corrected chi connectivity index (χ0v) is 24.7. The molecule has 1 atom stereocenters. The van der Waals surface area contributed by atoms with Gasteiger partial charge in [0.2, 0.25) is 11.8 Å². The standard InChI is InChI=1S/C30H40F2N8O3/c1-36(16-18-6-8-20(9-7-18)39-17-21(33)26(35-39)28(31)32)19-12-14-38(15-13-19)22-4-3-5-23-27(22)37(2)30(43)40(23)24-10-11-25(41)34-29(24)42/h3-5,17-20,24,28H,6-16,33H2,1-2H3,(H,34,41,42). The number of fused-ring (bicyclic) bond motifs is 1. The molecule has 2 amide bonds. The summed E-state index contributed by atoms with van der Waals surface area (Å²) in [5, 5.41) is 6.43. The van der Waals surface area contributed by atoms with Crippen molar-refractivity contribution in [3.05, 3.63) is 40.6 Å². The maximum Gasteiger partial charge on any atom is 0.329 e. The van der Waals surface area contributed by atoms with E-state index in [4.69, 9.17) is 5.73 Å². The Labute approximate surface area is 248 Å². The van der Waals surface area contributed by atoms with Crippen LogP contribution in [-0.4, -0.2) is 68.4 Å². The van der Waals surface area contributed by atoms with E-state index in [2.05, 4.69) is 27.3 Å². The van der Waals surface area contributed by atoms with Crippen LogP contribution in [0.5, 0.6) is 0 Å². The molecule has 3 fully saturated rings. The fourth-order valence-electron chi connectivity index (χ4n) is 7.37. The Kier molecular flexibility index (Phi) is 8.01. The van der Waals surface area contributed by atoms with Crippen LogP contribution in [0, 0.1) is 5.92 Å². The van der Waals surface area contributed by atoms with Gasteiger partial charge in [0.15, 0.2) is 5.69 Å². The van der Waals surface area contributed by atoms with Crippen LogP contribution in [0.1, 0.15) is 75.6 Å². The van der Waals surface area contributed by atoms with Crippen molar-refractivity contribution in [1.29, 1.82) is 0 Å². The first-order chi connectivity index (χ1) is 20.6. The van der Waals surface area contributed by atoms with E-state index in [0.717, 1.165) is 69.4 Å². The van der Waals surface area contributed by atoms with Gasteiger partial charge in [-0.1, -0.05) is 6.07 Å². The first kappa shape index (κ1) is 29.3. The van der Waals surface area contributed by atoms with Crippen molar-refractivity contribution >= 4 is 34.2 Å². The molecule has 6 rings (SSSR count). The van der Waals surface area contributed by atoms with E-state index < -0.39 is 18.4 Å². The van der Waals surface area contributed by atoms with Crippen molar-refractivity contribution in [3.63, 3.8) is 0 Å². The predicted octanol–water partition coefficient (Wildman–Crippen LogP) is 3.37. The van der Waals surface area contributed by atoms with E-state index in [0.29, 0.717) is 23.9 Å². The number of benzene rings is 1. The summed E-state index contributed by atoms with van der Waals surface area (Å²) in [6.07, 6.45) is 5.26. The number of nitrogen functional groups attached to an aromatic ring is 1. The molecule has 1 unspecified atom stereocenters. The molecular formula is C30H40F2N8O3. The second-order valence-electron chi connectivity index (χ2n) is 12.4. The molecular weight excluding hydrogens is 558 g/mol. The molecule has 3 aliphatic rings. The summed E-state index contributed by atoms with van der Waals surface area (Å²) in [6.45, 7) is 2.71. The Hall–Kier alpha value is -3.74. The van der Waals surface area contributed by atoms with Gasteiger partial charge < -0.3 is 15.5 Å². The number of imide groups is 1. The molecule has 13 heteroatoms. The van der Waals surface area contributed by atoms with Crippen LogP contribution in [0.3, 0.4) is 0 Å². The van der Waals surface area contributed by atoms with E-state index in [9.17, 15) is 23.2 Å². The molecule has 2 aromatic heterocycles. The Bertz CT molecular complexity index is 1560. The number of carbonyl (C=O) groups is 2. The number of aromatic nitrogens is 4. The Morgan fingerprint density at radius 2 is 1.79 bits per heavy atom. The van der Waals surface area contributed by atoms with Crippen LogP contribution >= 0.6 is 0 Å². The van der Waals surface area contributed by atoms with Crippen LogP contribution in [-0.2, 0) is 16.6 Å². The number of hydrogen-bond acceptors (Lipinski definition) is 7. The van der Waals surface area contributed by atoms with Gasteiger partial charge in [-0.15, -0.1) is 0 Å². The largest absolute Gasteiger partial charge is 0.396 e. The van der Waals surface area contributed by atoms with Crippen molar-refractivity contribution in [1.82, 2.24) is 29.1 Å². The van der Waals surface area contributed by atoms with Crippen LogP contribution < -0.4 is 21.6 Å². The number of carbonyl (C=O) groups excluding carboxylic acids is 2. The lowest BCUT2D eigenvalue weighted by Crippen LogP contribution is -2.45. The molecule has 0 spiro atoms. The number of nitrogens with two attached hydrogens (primary N) is 1. The lowest BCUT2D eigenvalue weighted by molar-refractivity contribution is -0.135. The van der Waals surface area contributed by atoms with Crippen LogP contribution in [0.2, 0.25) is 0 Å². The van der Waals surface area contributed by atoms with Gasteiger partial charge in [-0.2, -0.15) is 5.10 Å². The molecule has 4 heterocycles. The first-order valence-electron chi connectivity index (χ1n) is 15.2. The summed E-state index contributed by atoms with van der Waals surface area (Å²) in [6, 6.07) is 5.70. The second kappa shape index (κ2) is 11.7. The number of nitrogens with one attached hydrogen (secondary N) is 1. The average Bonchev–Trinajstić information content (AvgIpc) is 3.51. The molecule has 232 valence electrons. The van der Waals surface area contributed by atoms with Crippen molar-refractivity contribution in [3.8, 4) is 0 Å².